The van der Waals surface area contributed by atoms with Crippen LogP contribution in [0.5, 0.6) is 0 Å². The molecular weight excluding hydrogens is 296 g/mol. The Morgan fingerprint density at radius 1 is 1.23 bits per heavy atom. The van der Waals surface area contributed by atoms with E-state index in [4.69, 9.17) is 0 Å². The van der Waals surface area contributed by atoms with Crippen LogP contribution in [0.2, 0.25) is 0 Å². The van der Waals surface area contributed by atoms with Gasteiger partial charge >= 0.3 is 6.03 Å². The Morgan fingerprint density at radius 3 is 2.68 bits per heavy atom. The minimum Gasteiger partial charge on any atom is -0.308 e. The number of hydrogen-bond donors (Lipinski definition) is 2. The fourth-order valence-corrected chi connectivity index (χ4v) is 3.20. The lowest BCUT2D eigenvalue weighted by Crippen LogP contribution is -2.20. The van der Waals surface area contributed by atoms with Crippen molar-refractivity contribution in [3.8, 4) is 0 Å². The number of carbonyl (C=O) groups excluding carboxylic acids is 1. The summed E-state index contributed by atoms with van der Waals surface area (Å²) in [6.45, 7) is 5.18. The Balaban J connectivity index is 1.52. The molecule has 22 heavy (non-hydrogen) atoms. The molecule has 0 bridgehead atoms. The molecule has 0 unspecified atom stereocenters. The summed E-state index contributed by atoms with van der Waals surface area (Å²) in [4.78, 5) is 18.8. The quantitative estimate of drug-likeness (QED) is 0.904. The molecule has 116 valence electrons. The topological polar surface area (TPSA) is 57.3 Å². The number of aryl methyl sites for hydroxylation is 1. The highest BCUT2D eigenvalue weighted by Gasteiger charge is 2.14. The molecule has 0 atom stereocenters. The van der Waals surface area contributed by atoms with Crippen molar-refractivity contribution in [1.82, 2.24) is 9.88 Å². The minimum atomic E-state index is -0.258. The Hall–Kier alpha value is -1.92. The first-order chi connectivity index (χ1) is 10.7. The molecule has 0 aliphatic carbocycles. The third-order valence-electron chi connectivity index (χ3n) is 3.67. The Labute approximate surface area is 134 Å². The number of urea groups is 1. The number of likely N-dealkylation sites (tertiary alicyclic amines) is 1. The summed E-state index contributed by atoms with van der Waals surface area (Å²) in [5.41, 5.74) is 2.96. The summed E-state index contributed by atoms with van der Waals surface area (Å²) in [6, 6.07) is 7.44. The second kappa shape index (κ2) is 6.89. The summed E-state index contributed by atoms with van der Waals surface area (Å²) in [7, 11) is 0. The number of nitrogens with zero attached hydrogens (tertiary/aromatic N) is 2. The minimum absolute atomic E-state index is 0.258. The Bertz CT molecular complexity index is 632. The van der Waals surface area contributed by atoms with Crippen molar-refractivity contribution >= 4 is 28.2 Å². The monoisotopic (exact) mass is 316 g/mol. The summed E-state index contributed by atoms with van der Waals surface area (Å²) in [5.74, 6) is 0. The van der Waals surface area contributed by atoms with Gasteiger partial charge in [0.1, 0.15) is 0 Å². The molecule has 2 N–H and O–H groups in total. The number of carbonyl (C=O) groups is 1. The van der Waals surface area contributed by atoms with Crippen LogP contribution in [-0.4, -0.2) is 29.0 Å². The van der Waals surface area contributed by atoms with Gasteiger partial charge < -0.3 is 5.32 Å². The smallest absolute Gasteiger partial charge is 0.308 e. The third kappa shape index (κ3) is 4.05. The molecule has 2 amide bonds. The highest BCUT2D eigenvalue weighted by molar-refractivity contribution is 7.13. The van der Waals surface area contributed by atoms with Crippen LogP contribution in [0.3, 0.4) is 0 Å². The maximum absolute atomic E-state index is 12.0. The van der Waals surface area contributed by atoms with Gasteiger partial charge in [-0.05, 0) is 45.0 Å². The van der Waals surface area contributed by atoms with E-state index in [1.165, 1.54) is 24.2 Å². The Kier molecular flexibility index (Phi) is 4.70. The van der Waals surface area contributed by atoms with E-state index in [9.17, 15) is 4.79 Å². The van der Waals surface area contributed by atoms with Crippen molar-refractivity contribution in [3.05, 3.63) is 40.9 Å². The zero-order chi connectivity index (χ0) is 15.4. The van der Waals surface area contributed by atoms with E-state index in [-0.39, 0.29) is 6.03 Å². The number of rotatable bonds is 4. The van der Waals surface area contributed by atoms with Gasteiger partial charge in [0, 0.05) is 17.6 Å². The van der Waals surface area contributed by atoms with Crippen molar-refractivity contribution < 1.29 is 4.79 Å². The third-order valence-corrected chi connectivity index (χ3v) is 4.47. The maximum atomic E-state index is 12.0. The van der Waals surface area contributed by atoms with Crippen LogP contribution in [0, 0.1) is 6.92 Å². The lowest BCUT2D eigenvalue weighted by Gasteiger charge is -2.11. The van der Waals surface area contributed by atoms with E-state index >= 15 is 0 Å². The SMILES string of the molecule is Cc1ccc(NC(=O)Nc2nc(CN3CCCC3)cs2)cc1. The lowest BCUT2D eigenvalue weighted by atomic mass is 10.2. The Morgan fingerprint density at radius 2 is 1.95 bits per heavy atom. The van der Waals surface area contributed by atoms with E-state index in [1.54, 1.807) is 0 Å². The molecule has 6 heteroatoms. The van der Waals surface area contributed by atoms with Gasteiger partial charge in [0.2, 0.25) is 0 Å². The van der Waals surface area contributed by atoms with E-state index < -0.39 is 0 Å². The maximum Gasteiger partial charge on any atom is 0.325 e. The van der Waals surface area contributed by atoms with Gasteiger partial charge in [-0.25, -0.2) is 9.78 Å². The van der Waals surface area contributed by atoms with Crippen LogP contribution >= 0.6 is 11.3 Å². The van der Waals surface area contributed by atoms with Gasteiger partial charge in [-0.1, -0.05) is 17.7 Å². The van der Waals surface area contributed by atoms with Crippen LogP contribution in [-0.2, 0) is 6.54 Å². The first-order valence-electron chi connectivity index (χ1n) is 7.50. The number of amides is 2. The van der Waals surface area contributed by atoms with Gasteiger partial charge in [-0.3, -0.25) is 10.2 Å². The summed E-state index contributed by atoms with van der Waals surface area (Å²) in [5, 5.41) is 8.25. The molecule has 1 saturated heterocycles. The number of thiazole rings is 1. The zero-order valence-corrected chi connectivity index (χ0v) is 13.4. The molecule has 0 radical (unpaired) electrons. The summed E-state index contributed by atoms with van der Waals surface area (Å²) in [6.07, 6.45) is 2.54. The van der Waals surface area contributed by atoms with Gasteiger partial charge in [-0.15, -0.1) is 11.3 Å². The highest BCUT2D eigenvalue weighted by atomic mass is 32.1. The highest BCUT2D eigenvalue weighted by Crippen LogP contribution is 2.19. The summed E-state index contributed by atoms with van der Waals surface area (Å²) >= 11 is 1.46. The fraction of sp³-hybridized carbons (Fsp3) is 0.375. The molecule has 3 rings (SSSR count). The second-order valence-electron chi connectivity index (χ2n) is 5.57. The largest absolute Gasteiger partial charge is 0.325 e. The van der Waals surface area contributed by atoms with E-state index in [0.29, 0.717) is 5.13 Å². The molecule has 1 aromatic carbocycles. The number of anilines is 2. The van der Waals surface area contributed by atoms with Crippen LogP contribution in [0.1, 0.15) is 24.1 Å². The van der Waals surface area contributed by atoms with Crippen LogP contribution in [0.4, 0.5) is 15.6 Å². The first-order valence-corrected chi connectivity index (χ1v) is 8.38. The number of aromatic nitrogens is 1. The lowest BCUT2D eigenvalue weighted by molar-refractivity contribution is 0.262. The zero-order valence-electron chi connectivity index (χ0n) is 12.6. The van der Waals surface area contributed by atoms with E-state index in [1.807, 2.05) is 36.6 Å². The van der Waals surface area contributed by atoms with Gasteiger partial charge in [-0.2, -0.15) is 0 Å². The molecule has 1 aliphatic rings. The van der Waals surface area contributed by atoms with Gasteiger partial charge in [0.15, 0.2) is 5.13 Å². The molecule has 2 aromatic rings. The average Bonchev–Trinajstić information content (AvgIpc) is 3.14. The molecule has 5 nitrogen and oxygen atoms in total. The molecule has 0 spiro atoms. The van der Waals surface area contributed by atoms with Crippen molar-refractivity contribution in [2.24, 2.45) is 0 Å². The van der Waals surface area contributed by atoms with Crippen LogP contribution in [0.15, 0.2) is 29.6 Å². The van der Waals surface area contributed by atoms with Crippen molar-refractivity contribution in [2.45, 2.75) is 26.3 Å². The van der Waals surface area contributed by atoms with Gasteiger partial charge in [0.25, 0.3) is 0 Å². The van der Waals surface area contributed by atoms with Crippen LogP contribution < -0.4 is 10.6 Å². The second-order valence-corrected chi connectivity index (χ2v) is 6.43. The van der Waals surface area contributed by atoms with Gasteiger partial charge in [0.05, 0.1) is 5.69 Å². The standard InChI is InChI=1S/C16H20N4OS/c1-12-4-6-13(7-5-12)17-15(21)19-16-18-14(11-22-16)10-20-8-2-3-9-20/h4-7,11H,2-3,8-10H2,1H3,(H2,17,18,19,21). The molecule has 0 saturated carbocycles. The first kappa shape index (κ1) is 15.0. The molecule has 2 heterocycles. The number of hydrogen-bond acceptors (Lipinski definition) is 4. The molecule has 1 aromatic heterocycles. The molecular formula is C16H20N4OS. The van der Waals surface area contributed by atoms with E-state index in [0.717, 1.165) is 36.6 Å². The average molecular weight is 316 g/mol. The van der Waals surface area contributed by atoms with E-state index in [2.05, 4.69) is 20.5 Å². The predicted molar refractivity (Wildman–Crippen MR) is 90.4 cm³/mol. The normalized spacial score (nSPS) is 15.0. The van der Waals surface area contributed by atoms with Crippen molar-refractivity contribution in [3.63, 3.8) is 0 Å². The molecule has 1 aliphatic heterocycles. The number of nitrogens with one attached hydrogen (secondary N) is 2. The van der Waals surface area contributed by atoms with Crippen molar-refractivity contribution in [1.29, 1.82) is 0 Å². The summed E-state index contributed by atoms with van der Waals surface area (Å²) < 4.78 is 0. The molecule has 1 fully saturated rings. The van der Waals surface area contributed by atoms with Crippen molar-refractivity contribution in [2.75, 3.05) is 23.7 Å². The number of benzene rings is 1. The fourth-order valence-electron chi connectivity index (χ4n) is 2.50. The van der Waals surface area contributed by atoms with Crippen LogP contribution in [0.25, 0.3) is 0 Å². The predicted octanol–water partition coefficient (Wildman–Crippen LogP) is 3.69.